The summed E-state index contributed by atoms with van der Waals surface area (Å²) in [5.74, 6) is -0.405. The lowest BCUT2D eigenvalue weighted by molar-refractivity contribution is -0.389. The van der Waals surface area contributed by atoms with Crippen LogP contribution in [-0.4, -0.2) is 20.3 Å². The molecule has 3 aromatic heterocycles. The van der Waals surface area contributed by atoms with Gasteiger partial charge >= 0.3 is 5.82 Å². The van der Waals surface area contributed by atoms with Crippen molar-refractivity contribution in [2.75, 3.05) is 0 Å². The first-order chi connectivity index (χ1) is 13.1. The summed E-state index contributed by atoms with van der Waals surface area (Å²) < 4.78 is 1.57. The normalized spacial score (nSPS) is 20.1. The van der Waals surface area contributed by atoms with Gasteiger partial charge in [0.1, 0.15) is 12.2 Å². The molecule has 27 heavy (non-hydrogen) atoms. The van der Waals surface area contributed by atoms with Gasteiger partial charge in [-0.2, -0.15) is 0 Å². The molecule has 0 radical (unpaired) electrons. The molecule has 2 atom stereocenters. The molecule has 0 N–H and O–H groups in total. The van der Waals surface area contributed by atoms with Crippen LogP contribution in [0.1, 0.15) is 28.1 Å². The quantitative estimate of drug-likeness (QED) is 0.455. The third-order valence-corrected chi connectivity index (χ3v) is 6.31. The lowest BCUT2D eigenvalue weighted by Crippen LogP contribution is -2.27. The van der Waals surface area contributed by atoms with E-state index in [4.69, 9.17) is 0 Å². The summed E-state index contributed by atoms with van der Waals surface area (Å²) in [5.41, 5.74) is 0.956. The third-order valence-electron chi connectivity index (χ3n) is 4.47. The van der Waals surface area contributed by atoms with E-state index in [2.05, 4.69) is 4.98 Å². The molecule has 0 saturated heterocycles. The van der Waals surface area contributed by atoms with Crippen LogP contribution in [0.5, 0.6) is 0 Å². The van der Waals surface area contributed by atoms with E-state index >= 15 is 0 Å². The van der Waals surface area contributed by atoms with Crippen molar-refractivity contribution in [3.05, 3.63) is 85.1 Å². The number of rotatable bonds is 5. The zero-order chi connectivity index (χ0) is 18.8. The van der Waals surface area contributed by atoms with E-state index in [-0.39, 0.29) is 17.5 Å². The molecule has 4 rings (SSSR count). The summed E-state index contributed by atoms with van der Waals surface area (Å²) in [7, 11) is 0. The highest BCUT2D eigenvalue weighted by Crippen LogP contribution is 2.41. The van der Waals surface area contributed by atoms with E-state index < -0.39 is 11.0 Å². The standard InChI is InChI=1S/C19H15N3O3S2/c23-16-10-13(5-6-14-3-1-7-26-14)9-15(17-4-2-8-27-17)19(16)21-11-18(20-12-21)22(24)25/h1-8,10-12,15,19H,9H2/b6-5+/t15-,19+/m0/s1. The summed E-state index contributed by atoms with van der Waals surface area (Å²) in [4.78, 5) is 29.4. The average Bonchev–Trinajstić information content (AvgIpc) is 3.41. The smallest absolute Gasteiger partial charge is 0.358 e. The minimum atomic E-state index is -0.547. The Hall–Kier alpha value is -2.84. The third kappa shape index (κ3) is 3.67. The highest BCUT2D eigenvalue weighted by Gasteiger charge is 2.35. The van der Waals surface area contributed by atoms with E-state index in [0.29, 0.717) is 6.42 Å². The van der Waals surface area contributed by atoms with Gasteiger partial charge in [0.2, 0.25) is 6.33 Å². The average molecular weight is 397 g/mol. The molecule has 0 spiro atoms. The Balaban J connectivity index is 1.68. The molecule has 6 nitrogen and oxygen atoms in total. The van der Waals surface area contributed by atoms with E-state index in [1.54, 1.807) is 33.3 Å². The molecule has 0 amide bonds. The molecular formula is C19H15N3O3S2. The fourth-order valence-electron chi connectivity index (χ4n) is 3.27. The number of nitro groups is 1. The summed E-state index contributed by atoms with van der Waals surface area (Å²) in [6.07, 6.45) is 9.04. The Kier molecular flexibility index (Phi) is 4.83. The molecule has 3 heterocycles. The van der Waals surface area contributed by atoms with Crippen molar-refractivity contribution in [1.29, 1.82) is 0 Å². The molecule has 1 aliphatic carbocycles. The summed E-state index contributed by atoms with van der Waals surface area (Å²) in [5, 5.41) is 15.0. The lowest BCUT2D eigenvalue weighted by Gasteiger charge is -2.29. The van der Waals surface area contributed by atoms with Crippen LogP contribution in [0.2, 0.25) is 0 Å². The van der Waals surface area contributed by atoms with Crippen molar-refractivity contribution in [3.8, 4) is 0 Å². The highest BCUT2D eigenvalue weighted by atomic mass is 32.1. The maximum Gasteiger partial charge on any atom is 0.381 e. The van der Waals surface area contributed by atoms with Gasteiger partial charge in [-0.05, 0) is 56.9 Å². The largest absolute Gasteiger partial charge is 0.381 e. The fourth-order valence-corrected chi connectivity index (χ4v) is 4.74. The fraction of sp³-hybridized carbons (Fsp3) is 0.158. The van der Waals surface area contributed by atoms with Gasteiger partial charge in [0.25, 0.3) is 0 Å². The van der Waals surface area contributed by atoms with Crippen LogP contribution in [0, 0.1) is 10.1 Å². The Morgan fingerprint density at radius 1 is 1.22 bits per heavy atom. The number of carbonyl (C=O) groups is 1. The van der Waals surface area contributed by atoms with E-state index in [1.807, 2.05) is 47.2 Å². The van der Waals surface area contributed by atoms with E-state index in [0.717, 1.165) is 15.3 Å². The molecule has 8 heteroatoms. The molecule has 0 aliphatic heterocycles. The maximum atomic E-state index is 12.9. The van der Waals surface area contributed by atoms with Crippen LogP contribution >= 0.6 is 22.7 Å². The molecule has 0 saturated carbocycles. The number of allylic oxidation sites excluding steroid dienone is 3. The molecule has 0 aromatic carbocycles. The van der Waals surface area contributed by atoms with Gasteiger partial charge in [-0.1, -0.05) is 18.2 Å². The minimum Gasteiger partial charge on any atom is -0.358 e. The maximum absolute atomic E-state index is 12.9. The van der Waals surface area contributed by atoms with Crippen molar-refractivity contribution in [3.63, 3.8) is 0 Å². The summed E-state index contributed by atoms with van der Waals surface area (Å²) in [6.45, 7) is 0. The minimum absolute atomic E-state index is 0.0715. The van der Waals surface area contributed by atoms with Gasteiger partial charge in [-0.3, -0.25) is 9.36 Å². The predicted molar refractivity (Wildman–Crippen MR) is 106 cm³/mol. The topological polar surface area (TPSA) is 78.0 Å². The van der Waals surface area contributed by atoms with Crippen molar-refractivity contribution in [2.45, 2.75) is 18.4 Å². The number of hydrogen-bond acceptors (Lipinski definition) is 6. The predicted octanol–water partition coefficient (Wildman–Crippen LogP) is 4.85. The Morgan fingerprint density at radius 2 is 2.04 bits per heavy atom. The second kappa shape index (κ2) is 7.42. The van der Waals surface area contributed by atoms with Crippen LogP contribution < -0.4 is 0 Å². The van der Waals surface area contributed by atoms with Gasteiger partial charge in [-0.15, -0.1) is 22.7 Å². The van der Waals surface area contributed by atoms with Gasteiger partial charge < -0.3 is 10.1 Å². The number of nitrogens with zero attached hydrogens (tertiary/aromatic N) is 3. The van der Waals surface area contributed by atoms with Gasteiger partial charge in [-0.25, -0.2) is 0 Å². The number of aromatic nitrogens is 2. The number of hydrogen-bond donors (Lipinski definition) is 0. The van der Waals surface area contributed by atoms with E-state index in [9.17, 15) is 14.9 Å². The zero-order valence-electron chi connectivity index (χ0n) is 14.1. The molecule has 1 aliphatic rings. The van der Waals surface area contributed by atoms with Crippen molar-refractivity contribution in [1.82, 2.24) is 9.55 Å². The van der Waals surface area contributed by atoms with Crippen LogP contribution in [0.25, 0.3) is 6.08 Å². The number of carbonyl (C=O) groups excluding carboxylic acids is 1. The SMILES string of the molecule is O=C1C=C(/C=C/c2cccs2)C[C@@H](c2cccs2)[C@H]1n1cnc([N+](=O)[O-])c1. The second-order valence-corrected chi connectivity index (χ2v) is 8.14. The van der Waals surface area contributed by atoms with Crippen LogP contribution in [0.4, 0.5) is 5.82 Å². The van der Waals surface area contributed by atoms with Crippen molar-refractivity contribution >= 4 is 40.4 Å². The second-order valence-electron chi connectivity index (χ2n) is 6.18. The van der Waals surface area contributed by atoms with Crippen LogP contribution in [0.15, 0.2) is 65.3 Å². The molecule has 0 unspecified atom stereocenters. The first-order valence-corrected chi connectivity index (χ1v) is 10.0. The Labute approximate surface area is 163 Å². The zero-order valence-corrected chi connectivity index (χ0v) is 15.7. The lowest BCUT2D eigenvalue weighted by atomic mass is 9.82. The Bertz CT molecular complexity index is 1020. The van der Waals surface area contributed by atoms with Gasteiger partial charge in [0, 0.05) is 15.7 Å². The first kappa shape index (κ1) is 17.6. The highest BCUT2D eigenvalue weighted by molar-refractivity contribution is 7.10. The van der Waals surface area contributed by atoms with Crippen LogP contribution in [-0.2, 0) is 4.79 Å². The van der Waals surface area contributed by atoms with Crippen molar-refractivity contribution in [2.24, 2.45) is 0 Å². The first-order valence-electron chi connectivity index (χ1n) is 8.29. The monoisotopic (exact) mass is 397 g/mol. The summed E-state index contributed by atoms with van der Waals surface area (Å²) >= 11 is 3.23. The number of thiophene rings is 2. The number of imidazole rings is 1. The molecular weight excluding hydrogens is 382 g/mol. The Morgan fingerprint density at radius 3 is 2.70 bits per heavy atom. The van der Waals surface area contributed by atoms with Crippen molar-refractivity contribution < 1.29 is 9.72 Å². The van der Waals surface area contributed by atoms with Gasteiger partial charge in [0.05, 0.1) is 0 Å². The number of ketones is 1. The molecule has 0 fully saturated rings. The van der Waals surface area contributed by atoms with E-state index in [1.165, 1.54) is 12.5 Å². The molecule has 0 bridgehead atoms. The summed E-state index contributed by atoms with van der Waals surface area (Å²) in [6, 6.07) is 7.45. The molecule has 136 valence electrons. The van der Waals surface area contributed by atoms with Crippen LogP contribution in [0.3, 0.4) is 0 Å². The van der Waals surface area contributed by atoms with Gasteiger partial charge in [0.15, 0.2) is 5.78 Å². The molecule has 3 aromatic rings.